The summed E-state index contributed by atoms with van der Waals surface area (Å²) < 4.78 is 50.9. The van der Waals surface area contributed by atoms with E-state index in [9.17, 15) is 18.0 Å². The van der Waals surface area contributed by atoms with Gasteiger partial charge in [0.15, 0.2) is 11.5 Å². The summed E-state index contributed by atoms with van der Waals surface area (Å²) in [6, 6.07) is 3.18. The topological polar surface area (TPSA) is 56.8 Å². The van der Waals surface area contributed by atoms with E-state index in [1.165, 1.54) is 27.2 Å². The highest BCUT2D eigenvalue weighted by molar-refractivity contribution is 5.95. The molecule has 0 aliphatic carbocycles. The Hall–Kier alpha value is -1.96. The largest absolute Gasteiger partial charge is 0.493 e. The van der Waals surface area contributed by atoms with Crippen molar-refractivity contribution in [3.63, 3.8) is 0 Å². The summed E-state index contributed by atoms with van der Waals surface area (Å²) in [7, 11) is 2.91. The van der Waals surface area contributed by atoms with Crippen LogP contribution in [-0.4, -0.2) is 39.0 Å². The van der Waals surface area contributed by atoms with Crippen molar-refractivity contribution >= 4 is 11.6 Å². The maximum absolute atomic E-state index is 12.1. The van der Waals surface area contributed by atoms with Crippen LogP contribution in [0.15, 0.2) is 12.1 Å². The van der Waals surface area contributed by atoms with Crippen LogP contribution < -0.4 is 14.8 Å². The van der Waals surface area contributed by atoms with E-state index in [1.807, 2.05) is 0 Å². The van der Waals surface area contributed by atoms with Crippen LogP contribution in [0.4, 0.5) is 18.9 Å². The third-order valence-corrected chi connectivity index (χ3v) is 2.85. The summed E-state index contributed by atoms with van der Waals surface area (Å²) in [5.74, 6) is 0.200. The number of carbonyl (C=O) groups excluding carboxylic acids is 1. The summed E-state index contributed by atoms with van der Waals surface area (Å²) in [6.45, 7) is 1.49. The summed E-state index contributed by atoms with van der Waals surface area (Å²) in [5.41, 5.74) is 1.08. The van der Waals surface area contributed by atoms with Gasteiger partial charge in [-0.2, -0.15) is 13.2 Å². The number of benzene rings is 1. The number of halogens is 3. The molecule has 0 bridgehead atoms. The van der Waals surface area contributed by atoms with E-state index in [0.29, 0.717) is 22.7 Å². The maximum Gasteiger partial charge on any atom is 0.411 e. The molecule has 0 spiro atoms. The van der Waals surface area contributed by atoms with E-state index in [-0.39, 0.29) is 0 Å². The first kappa shape index (κ1) is 18.1. The molecule has 22 heavy (non-hydrogen) atoms. The second-order valence-corrected chi connectivity index (χ2v) is 4.58. The number of hydrogen-bond acceptors (Lipinski definition) is 4. The lowest BCUT2D eigenvalue weighted by Crippen LogP contribution is -2.31. The van der Waals surface area contributed by atoms with Crippen molar-refractivity contribution in [2.75, 3.05) is 26.1 Å². The number of aryl methyl sites for hydroxylation is 1. The molecular weight excluding hydrogens is 303 g/mol. The second-order valence-electron chi connectivity index (χ2n) is 4.58. The molecule has 0 aliphatic rings. The third-order valence-electron chi connectivity index (χ3n) is 2.85. The lowest BCUT2D eigenvalue weighted by molar-refractivity contribution is -0.184. The van der Waals surface area contributed by atoms with Crippen LogP contribution in [0.25, 0.3) is 0 Å². The monoisotopic (exact) mass is 321 g/mol. The van der Waals surface area contributed by atoms with Crippen LogP contribution in [0.1, 0.15) is 12.5 Å². The lowest BCUT2D eigenvalue weighted by atomic mass is 10.1. The Morgan fingerprint density at radius 3 is 2.27 bits per heavy atom. The molecule has 1 atom stereocenters. The Balaban J connectivity index is 2.79. The van der Waals surface area contributed by atoms with E-state index in [2.05, 4.69) is 10.1 Å². The minimum absolute atomic E-state index is 0.396. The standard InChI is InChI=1S/C14H18F3NO4/c1-8-5-11(20-3)12(21-4)6-10(8)18-13(19)9(2)22-7-14(15,16)17/h5-6,9H,7H2,1-4H3,(H,18,19)/t9-/m1/s1. The van der Waals surface area contributed by atoms with Crippen molar-refractivity contribution in [3.8, 4) is 11.5 Å². The molecule has 0 aromatic heterocycles. The summed E-state index contributed by atoms with van der Waals surface area (Å²) >= 11 is 0. The number of alkyl halides is 3. The van der Waals surface area contributed by atoms with Crippen LogP contribution in [-0.2, 0) is 9.53 Å². The smallest absolute Gasteiger partial charge is 0.411 e. The fourth-order valence-electron chi connectivity index (χ4n) is 1.64. The van der Waals surface area contributed by atoms with Gasteiger partial charge in [0.2, 0.25) is 0 Å². The number of amides is 1. The van der Waals surface area contributed by atoms with Crippen LogP contribution in [0.3, 0.4) is 0 Å². The average Bonchev–Trinajstić information content (AvgIpc) is 2.45. The third kappa shape index (κ3) is 5.10. The molecule has 0 heterocycles. The molecule has 1 aromatic rings. The number of rotatable bonds is 6. The zero-order valence-corrected chi connectivity index (χ0v) is 12.7. The predicted octanol–water partition coefficient (Wildman–Crippen LogP) is 2.92. The van der Waals surface area contributed by atoms with Gasteiger partial charge in [-0.25, -0.2) is 0 Å². The van der Waals surface area contributed by atoms with E-state index in [0.717, 1.165) is 0 Å². The first-order chi connectivity index (χ1) is 10.2. The summed E-state index contributed by atoms with van der Waals surface area (Å²) in [6.07, 6.45) is -5.72. The molecule has 1 N–H and O–H groups in total. The number of methoxy groups -OCH3 is 2. The molecule has 1 aromatic carbocycles. The molecule has 5 nitrogen and oxygen atoms in total. The molecule has 0 aliphatic heterocycles. The van der Waals surface area contributed by atoms with Crippen LogP contribution in [0.2, 0.25) is 0 Å². The van der Waals surface area contributed by atoms with Gasteiger partial charge in [0.1, 0.15) is 12.7 Å². The highest BCUT2D eigenvalue weighted by Crippen LogP contribution is 2.33. The first-order valence-electron chi connectivity index (χ1n) is 6.39. The maximum atomic E-state index is 12.1. The zero-order chi connectivity index (χ0) is 16.9. The average molecular weight is 321 g/mol. The molecule has 1 amide bonds. The highest BCUT2D eigenvalue weighted by Gasteiger charge is 2.30. The highest BCUT2D eigenvalue weighted by atomic mass is 19.4. The fourth-order valence-corrected chi connectivity index (χ4v) is 1.64. The van der Waals surface area contributed by atoms with Gasteiger partial charge in [0.05, 0.1) is 14.2 Å². The van der Waals surface area contributed by atoms with Crippen LogP contribution in [0.5, 0.6) is 11.5 Å². The predicted molar refractivity (Wildman–Crippen MR) is 74.4 cm³/mol. The van der Waals surface area contributed by atoms with Gasteiger partial charge < -0.3 is 19.5 Å². The second kappa shape index (κ2) is 7.35. The molecule has 0 unspecified atom stereocenters. The van der Waals surface area contributed by atoms with E-state index in [1.54, 1.807) is 13.0 Å². The van der Waals surface area contributed by atoms with E-state index in [4.69, 9.17) is 9.47 Å². The zero-order valence-electron chi connectivity index (χ0n) is 12.7. The summed E-state index contributed by atoms with van der Waals surface area (Å²) in [4.78, 5) is 11.9. The number of anilines is 1. The van der Waals surface area contributed by atoms with Crippen molar-refractivity contribution < 1.29 is 32.2 Å². The number of hydrogen-bond donors (Lipinski definition) is 1. The van der Waals surface area contributed by atoms with Crippen LogP contribution >= 0.6 is 0 Å². The summed E-state index contributed by atoms with van der Waals surface area (Å²) in [5, 5.41) is 2.51. The van der Waals surface area contributed by atoms with Gasteiger partial charge in [-0.05, 0) is 25.5 Å². The molecule has 0 saturated carbocycles. The van der Waals surface area contributed by atoms with Gasteiger partial charge in [0, 0.05) is 11.8 Å². The minimum Gasteiger partial charge on any atom is -0.493 e. The Morgan fingerprint density at radius 1 is 1.23 bits per heavy atom. The normalized spacial score (nSPS) is 12.7. The molecule has 0 saturated heterocycles. The van der Waals surface area contributed by atoms with Gasteiger partial charge in [-0.3, -0.25) is 4.79 Å². The number of nitrogens with one attached hydrogen (secondary N) is 1. The van der Waals surface area contributed by atoms with Gasteiger partial charge in [-0.1, -0.05) is 0 Å². The van der Waals surface area contributed by atoms with Gasteiger partial charge in [0.25, 0.3) is 5.91 Å². The molecule has 0 radical (unpaired) electrons. The Labute approximate surface area is 126 Å². The van der Waals surface area contributed by atoms with E-state index >= 15 is 0 Å². The number of carbonyl (C=O) groups is 1. The fraction of sp³-hybridized carbons (Fsp3) is 0.500. The van der Waals surface area contributed by atoms with Crippen molar-refractivity contribution in [1.29, 1.82) is 0 Å². The van der Waals surface area contributed by atoms with Crippen molar-refractivity contribution in [3.05, 3.63) is 17.7 Å². The first-order valence-corrected chi connectivity index (χ1v) is 6.39. The van der Waals surface area contributed by atoms with Crippen molar-refractivity contribution in [1.82, 2.24) is 0 Å². The molecule has 124 valence electrons. The van der Waals surface area contributed by atoms with Crippen molar-refractivity contribution in [2.45, 2.75) is 26.1 Å². The Bertz CT molecular complexity index is 532. The Kier molecular flexibility index (Phi) is 6.04. The number of ether oxygens (including phenoxy) is 3. The molecule has 8 heteroatoms. The lowest BCUT2D eigenvalue weighted by Gasteiger charge is -2.17. The Morgan fingerprint density at radius 2 is 1.77 bits per heavy atom. The SMILES string of the molecule is COc1cc(C)c(NC(=O)[C@@H](C)OCC(F)(F)F)cc1OC. The quantitative estimate of drug-likeness (QED) is 0.875. The molecule has 1 rings (SSSR count). The minimum atomic E-state index is -4.48. The molecule has 0 fully saturated rings. The molecular formula is C14H18F3NO4. The van der Waals surface area contributed by atoms with Crippen molar-refractivity contribution in [2.24, 2.45) is 0 Å². The van der Waals surface area contributed by atoms with E-state index < -0.39 is 24.8 Å². The van der Waals surface area contributed by atoms with Gasteiger partial charge >= 0.3 is 6.18 Å². The van der Waals surface area contributed by atoms with Crippen LogP contribution in [0, 0.1) is 6.92 Å². The van der Waals surface area contributed by atoms with Gasteiger partial charge in [-0.15, -0.1) is 0 Å².